The van der Waals surface area contributed by atoms with Gasteiger partial charge in [-0.25, -0.2) is 4.68 Å². The molecule has 6 nitrogen and oxygen atoms in total. The van der Waals surface area contributed by atoms with E-state index < -0.39 is 0 Å². The van der Waals surface area contributed by atoms with E-state index in [2.05, 4.69) is 15.6 Å². The monoisotopic (exact) mass is 336 g/mol. The summed E-state index contributed by atoms with van der Waals surface area (Å²) in [5, 5.41) is 20.7. The van der Waals surface area contributed by atoms with Crippen molar-refractivity contribution in [3.63, 3.8) is 0 Å². The number of nitrogens with zero attached hydrogens (tertiary/aromatic N) is 3. The molecule has 3 aromatic rings. The summed E-state index contributed by atoms with van der Waals surface area (Å²) in [6, 6.07) is 15.9. The van der Waals surface area contributed by atoms with Gasteiger partial charge in [0, 0.05) is 13.1 Å². The Kier molecular flexibility index (Phi) is 5.82. The molecule has 0 fully saturated rings. The van der Waals surface area contributed by atoms with Gasteiger partial charge in [-0.15, -0.1) is 5.10 Å². The molecule has 0 radical (unpaired) electrons. The van der Waals surface area contributed by atoms with Crippen molar-refractivity contribution < 1.29 is 9.76 Å². The van der Waals surface area contributed by atoms with E-state index in [1.165, 1.54) is 5.56 Å². The number of benzene rings is 2. The second-order valence-corrected chi connectivity index (χ2v) is 5.81. The van der Waals surface area contributed by atoms with E-state index in [-0.39, 0.29) is 7.48 Å². The fourth-order valence-corrected chi connectivity index (χ4v) is 2.55. The first-order valence-electron chi connectivity index (χ1n) is 8.18. The Bertz CT molecular complexity index is 788. The van der Waals surface area contributed by atoms with Crippen molar-refractivity contribution in [3.8, 4) is 5.75 Å². The molecule has 1 aromatic heterocycles. The maximum absolute atomic E-state index is 9.07. The molecule has 3 rings (SSSR count). The topological polar surface area (TPSA) is 72.2 Å². The SMILES string of the molecule is COc1ccc(Cn2nncc2CNCc2ccc(BO)cc2)cc1. The number of aromatic nitrogens is 3. The molecular formula is C18H21BN4O2. The van der Waals surface area contributed by atoms with E-state index in [1.54, 1.807) is 13.3 Å². The van der Waals surface area contributed by atoms with Gasteiger partial charge < -0.3 is 15.1 Å². The molecule has 2 aromatic carbocycles. The van der Waals surface area contributed by atoms with Crippen LogP contribution in [0.1, 0.15) is 16.8 Å². The number of nitrogens with one attached hydrogen (secondary N) is 1. The molecule has 0 aliphatic carbocycles. The Labute approximate surface area is 147 Å². The number of hydrogen-bond donors (Lipinski definition) is 2. The van der Waals surface area contributed by atoms with Gasteiger partial charge in [0.05, 0.1) is 25.5 Å². The number of ether oxygens (including phenoxy) is 1. The van der Waals surface area contributed by atoms with Gasteiger partial charge in [0.15, 0.2) is 0 Å². The molecule has 128 valence electrons. The Morgan fingerprint density at radius 2 is 1.76 bits per heavy atom. The molecule has 0 spiro atoms. The van der Waals surface area contributed by atoms with Gasteiger partial charge in [-0.3, -0.25) is 0 Å². The average Bonchev–Trinajstić information content (AvgIpc) is 3.10. The lowest BCUT2D eigenvalue weighted by Gasteiger charge is -2.09. The van der Waals surface area contributed by atoms with Crippen LogP contribution in [0.15, 0.2) is 54.7 Å². The van der Waals surface area contributed by atoms with Crippen LogP contribution in [0.2, 0.25) is 0 Å². The fraction of sp³-hybridized carbons (Fsp3) is 0.222. The first-order valence-corrected chi connectivity index (χ1v) is 8.18. The van der Waals surface area contributed by atoms with Crippen LogP contribution in [0.3, 0.4) is 0 Å². The Morgan fingerprint density at radius 3 is 2.44 bits per heavy atom. The third kappa shape index (κ3) is 4.68. The summed E-state index contributed by atoms with van der Waals surface area (Å²) in [7, 11) is 1.73. The fourth-order valence-electron chi connectivity index (χ4n) is 2.55. The highest BCUT2D eigenvalue weighted by molar-refractivity contribution is 6.45. The standard InChI is InChI=1S/C18H21BN4O2/c1-25-18-8-4-15(5-9-18)13-23-17(12-21-22-23)11-20-10-14-2-6-16(19-24)7-3-14/h2-9,12,19-20,24H,10-11,13H2,1H3. The van der Waals surface area contributed by atoms with Crippen molar-refractivity contribution in [1.29, 1.82) is 0 Å². The zero-order valence-corrected chi connectivity index (χ0v) is 14.2. The minimum absolute atomic E-state index is 0.0733. The highest BCUT2D eigenvalue weighted by Gasteiger charge is 2.05. The van der Waals surface area contributed by atoms with Crippen molar-refractivity contribution >= 4 is 12.9 Å². The Balaban J connectivity index is 1.55. The minimum Gasteiger partial charge on any atom is -0.497 e. The van der Waals surface area contributed by atoms with Gasteiger partial charge in [-0.2, -0.15) is 0 Å². The van der Waals surface area contributed by atoms with Crippen LogP contribution in [0.25, 0.3) is 0 Å². The van der Waals surface area contributed by atoms with Gasteiger partial charge in [0.2, 0.25) is 0 Å². The summed E-state index contributed by atoms with van der Waals surface area (Å²) in [6.07, 6.45) is 1.78. The van der Waals surface area contributed by atoms with Crippen molar-refractivity contribution in [2.75, 3.05) is 7.11 Å². The maximum Gasteiger partial charge on any atom is 0.304 e. The molecule has 25 heavy (non-hydrogen) atoms. The molecule has 0 atom stereocenters. The van der Waals surface area contributed by atoms with Crippen LogP contribution >= 0.6 is 0 Å². The highest BCUT2D eigenvalue weighted by Crippen LogP contribution is 2.12. The van der Waals surface area contributed by atoms with E-state index in [1.807, 2.05) is 53.2 Å². The molecule has 0 amide bonds. The van der Waals surface area contributed by atoms with Crippen LogP contribution in [-0.2, 0) is 19.6 Å². The third-order valence-corrected chi connectivity index (χ3v) is 4.03. The Hall–Kier alpha value is -2.64. The van der Waals surface area contributed by atoms with E-state index in [0.29, 0.717) is 13.1 Å². The summed E-state index contributed by atoms with van der Waals surface area (Å²) in [6.45, 7) is 2.11. The van der Waals surface area contributed by atoms with Crippen LogP contribution < -0.4 is 15.5 Å². The smallest absolute Gasteiger partial charge is 0.304 e. The van der Waals surface area contributed by atoms with E-state index >= 15 is 0 Å². The van der Waals surface area contributed by atoms with Gasteiger partial charge in [0.1, 0.15) is 5.75 Å². The van der Waals surface area contributed by atoms with Crippen molar-refractivity contribution in [2.45, 2.75) is 19.6 Å². The summed E-state index contributed by atoms with van der Waals surface area (Å²) >= 11 is 0. The maximum atomic E-state index is 9.07. The van der Waals surface area contributed by atoms with Crippen LogP contribution in [0.4, 0.5) is 0 Å². The Morgan fingerprint density at radius 1 is 1.04 bits per heavy atom. The van der Waals surface area contributed by atoms with E-state index in [9.17, 15) is 0 Å². The zero-order chi connectivity index (χ0) is 17.5. The predicted molar refractivity (Wildman–Crippen MR) is 98.1 cm³/mol. The van der Waals surface area contributed by atoms with Gasteiger partial charge >= 0.3 is 7.48 Å². The zero-order valence-electron chi connectivity index (χ0n) is 14.2. The van der Waals surface area contributed by atoms with E-state index in [0.717, 1.165) is 29.0 Å². The second kappa shape index (κ2) is 8.46. The predicted octanol–water partition coefficient (Wildman–Crippen LogP) is 0.594. The highest BCUT2D eigenvalue weighted by atomic mass is 16.5. The molecule has 2 N–H and O–H groups in total. The molecule has 0 saturated carbocycles. The van der Waals surface area contributed by atoms with Crippen molar-refractivity contribution in [2.24, 2.45) is 0 Å². The molecule has 0 aliphatic rings. The second-order valence-electron chi connectivity index (χ2n) is 5.81. The van der Waals surface area contributed by atoms with Gasteiger partial charge in [0.25, 0.3) is 0 Å². The number of methoxy groups -OCH3 is 1. The molecule has 7 heteroatoms. The normalized spacial score (nSPS) is 10.6. The molecular weight excluding hydrogens is 315 g/mol. The molecule has 0 bridgehead atoms. The number of rotatable bonds is 8. The number of hydrogen-bond acceptors (Lipinski definition) is 5. The lowest BCUT2D eigenvalue weighted by molar-refractivity contribution is 0.414. The first kappa shape index (κ1) is 17.2. The van der Waals surface area contributed by atoms with E-state index in [4.69, 9.17) is 9.76 Å². The summed E-state index contributed by atoms with van der Waals surface area (Å²) < 4.78 is 7.07. The third-order valence-electron chi connectivity index (χ3n) is 4.03. The largest absolute Gasteiger partial charge is 0.497 e. The summed E-state index contributed by atoms with van der Waals surface area (Å²) in [5.74, 6) is 0.844. The van der Waals surface area contributed by atoms with Gasteiger partial charge in [-0.1, -0.05) is 47.1 Å². The summed E-state index contributed by atoms with van der Waals surface area (Å²) in [5.41, 5.74) is 4.27. The average molecular weight is 336 g/mol. The quantitative estimate of drug-likeness (QED) is 0.589. The minimum atomic E-state index is 0.0733. The molecule has 1 heterocycles. The first-order chi connectivity index (χ1) is 12.3. The van der Waals surface area contributed by atoms with Crippen LogP contribution in [0.5, 0.6) is 5.75 Å². The lowest BCUT2D eigenvalue weighted by atomic mass is 9.88. The summed E-state index contributed by atoms with van der Waals surface area (Å²) in [4.78, 5) is 0. The van der Waals surface area contributed by atoms with Crippen LogP contribution in [-0.4, -0.2) is 34.6 Å². The van der Waals surface area contributed by atoms with Crippen LogP contribution in [0, 0.1) is 0 Å². The van der Waals surface area contributed by atoms with Gasteiger partial charge in [-0.05, 0) is 23.3 Å². The molecule has 0 unspecified atom stereocenters. The van der Waals surface area contributed by atoms with Crippen molar-refractivity contribution in [1.82, 2.24) is 20.3 Å². The lowest BCUT2D eigenvalue weighted by Crippen LogP contribution is -2.18. The molecule has 0 aliphatic heterocycles. The van der Waals surface area contributed by atoms with Crippen molar-refractivity contribution in [3.05, 3.63) is 71.5 Å². The molecule has 0 saturated heterocycles.